The predicted molar refractivity (Wildman–Crippen MR) is 300 cm³/mol. The number of hydrogen-bond acceptors (Lipinski definition) is 12. The maximum atomic E-state index is 14.9. The molecule has 0 spiro atoms. The third-order valence-corrected chi connectivity index (χ3v) is 13.8. The number of carbonyl (C=O) groups excluding carboxylic acids is 4. The van der Waals surface area contributed by atoms with E-state index in [1.54, 1.807) is 40.0 Å². The molecular weight excluding hydrogens is 973 g/mol. The molecule has 0 heterocycles. The van der Waals surface area contributed by atoms with Gasteiger partial charge in [0.25, 0.3) is 0 Å². The molecule has 1 aliphatic rings. The van der Waals surface area contributed by atoms with E-state index < -0.39 is 46.1 Å². The third-order valence-electron chi connectivity index (χ3n) is 13.8. The first-order valence-corrected chi connectivity index (χ1v) is 26.6. The molecule has 12 nitrogen and oxygen atoms in total. The normalized spacial score (nSPS) is 12.8. The van der Waals surface area contributed by atoms with Crippen LogP contribution in [0.25, 0.3) is 10.8 Å². The number of hydrogen-bond donors (Lipinski definition) is 0. The fraction of sp³-hybridized carbons (Fsp3) is 0.415. The summed E-state index contributed by atoms with van der Waals surface area (Å²) in [6.07, 6.45) is -2.24. The Morgan fingerprint density at radius 1 is 0.377 bits per heavy atom. The second-order valence-corrected chi connectivity index (χ2v) is 23.9. The van der Waals surface area contributed by atoms with Crippen LogP contribution < -0.4 is 23.7 Å². The van der Waals surface area contributed by atoms with E-state index in [2.05, 4.69) is 95.2 Å². The van der Waals surface area contributed by atoms with Crippen molar-refractivity contribution in [3.8, 4) is 28.7 Å². The Bertz CT molecular complexity index is 3090. The van der Waals surface area contributed by atoms with Crippen LogP contribution in [-0.4, -0.2) is 51.4 Å². The van der Waals surface area contributed by atoms with Gasteiger partial charge >= 0.3 is 24.4 Å². The molecule has 0 aliphatic heterocycles. The second kappa shape index (κ2) is 22.7. The van der Waals surface area contributed by atoms with Crippen LogP contribution in [0.4, 0.5) is 14.4 Å². The van der Waals surface area contributed by atoms with Crippen molar-refractivity contribution in [3.63, 3.8) is 0 Å². The predicted octanol–water partition coefficient (Wildman–Crippen LogP) is 15.5. The minimum absolute atomic E-state index is 0.0659. The summed E-state index contributed by atoms with van der Waals surface area (Å²) in [6.45, 7) is 30.7. The maximum Gasteiger partial charge on any atom is 0.513 e. The summed E-state index contributed by atoms with van der Waals surface area (Å²) >= 11 is 0. The molecule has 0 saturated heterocycles. The van der Waals surface area contributed by atoms with Crippen molar-refractivity contribution in [2.75, 3.05) is 26.9 Å². The van der Waals surface area contributed by atoms with Crippen LogP contribution in [0.3, 0.4) is 0 Å². The molecular formula is C65H76O12. The highest BCUT2D eigenvalue weighted by molar-refractivity contribution is 5.97. The number of carbonyl (C=O) groups is 4. The molecule has 0 fully saturated rings. The highest BCUT2D eigenvalue weighted by atomic mass is 16.7. The van der Waals surface area contributed by atoms with Crippen LogP contribution in [0.2, 0.25) is 0 Å². The van der Waals surface area contributed by atoms with Crippen molar-refractivity contribution >= 4 is 35.2 Å². The van der Waals surface area contributed by atoms with E-state index >= 15 is 0 Å². The summed E-state index contributed by atoms with van der Waals surface area (Å²) in [4.78, 5) is 56.2. The quantitative estimate of drug-likeness (QED) is 0.0588. The lowest BCUT2D eigenvalue weighted by molar-refractivity contribution is 0.0731. The SMILES string of the molecule is CCOC(=O)Oc1c2cc(C(C)(C)C)cc1Cc1cc(C(C)(C)C)cc(c1OC(=O)OCC)Cc1cc(C(C)(C)C)cc(c1OC(=O)c1ccc3cc(OC)ccc3c1)Cc1cc(C(C)(C)C)cc(c1OC(=O)OCC)C2. The molecule has 408 valence electrons. The van der Waals surface area contributed by atoms with Crippen LogP contribution >= 0.6 is 0 Å². The fourth-order valence-electron chi connectivity index (χ4n) is 9.47. The average molecular weight is 1050 g/mol. The number of fused-ring (bicyclic) bond motifs is 9. The Labute approximate surface area is 454 Å². The average Bonchev–Trinajstić information content (AvgIpc) is 3.34. The van der Waals surface area contributed by atoms with E-state index in [-0.39, 0.29) is 62.8 Å². The smallest absolute Gasteiger partial charge is 0.497 e. The molecule has 6 aromatic carbocycles. The van der Waals surface area contributed by atoms with Crippen molar-refractivity contribution in [1.82, 2.24) is 0 Å². The summed E-state index contributed by atoms with van der Waals surface area (Å²) in [5, 5.41) is 1.71. The molecule has 7 rings (SSSR count). The number of rotatable bonds is 9. The Morgan fingerprint density at radius 2 is 0.649 bits per heavy atom. The lowest BCUT2D eigenvalue weighted by Crippen LogP contribution is -2.20. The van der Waals surface area contributed by atoms with Gasteiger partial charge in [0.05, 0.1) is 32.5 Å². The van der Waals surface area contributed by atoms with Crippen LogP contribution in [0.15, 0.2) is 84.9 Å². The lowest BCUT2D eigenvalue weighted by atomic mass is 9.79. The number of methoxy groups -OCH3 is 1. The van der Waals surface area contributed by atoms with E-state index in [0.717, 1.165) is 33.0 Å². The van der Waals surface area contributed by atoms with Crippen LogP contribution in [0, 0.1) is 0 Å². The van der Waals surface area contributed by atoms with E-state index in [1.807, 2.05) is 60.7 Å². The Morgan fingerprint density at radius 3 is 0.922 bits per heavy atom. The first kappa shape index (κ1) is 57.4. The van der Waals surface area contributed by atoms with Crippen LogP contribution in [0.5, 0.6) is 28.7 Å². The Hall–Kier alpha value is -7.34. The first-order chi connectivity index (χ1) is 36.1. The van der Waals surface area contributed by atoms with E-state index in [1.165, 1.54) is 0 Å². The lowest BCUT2D eigenvalue weighted by Gasteiger charge is -2.28. The summed E-state index contributed by atoms with van der Waals surface area (Å²) in [6, 6.07) is 27.3. The molecule has 0 unspecified atom stereocenters. The summed E-state index contributed by atoms with van der Waals surface area (Å²) in [5.41, 5.74) is 7.31. The zero-order valence-electron chi connectivity index (χ0n) is 47.9. The van der Waals surface area contributed by atoms with Gasteiger partial charge in [0.1, 0.15) is 28.7 Å². The topological polar surface area (TPSA) is 142 Å². The third kappa shape index (κ3) is 13.6. The molecule has 77 heavy (non-hydrogen) atoms. The van der Waals surface area contributed by atoms with Crippen molar-refractivity contribution in [3.05, 3.63) is 157 Å². The van der Waals surface area contributed by atoms with Gasteiger partial charge in [-0.2, -0.15) is 0 Å². The van der Waals surface area contributed by atoms with Crippen LogP contribution in [0.1, 0.15) is 181 Å². The Balaban J connectivity index is 1.65. The van der Waals surface area contributed by atoms with Gasteiger partial charge < -0.3 is 37.9 Å². The molecule has 8 bridgehead atoms. The van der Waals surface area contributed by atoms with Gasteiger partial charge in [0.15, 0.2) is 0 Å². The molecule has 0 aromatic heterocycles. The van der Waals surface area contributed by atoms with Crippen molar-refractivity contribution in [1.29, 1.82) is 0 Å². The molecule has 6 aromatic rings. The van der Waals surface area contributed by atoms with E-state index in [9.17, 15) is 19.2 Å². The Kier molecular flexibility index (Phi) is 16.9. The zero-order chi connectivity index (χ0) is 56.4. The number of ether oxygens (including phenoxy) is 8. The van der Waals surface area contributed by atoms with Crippen molar-refractivity contribution in [2.24, 2.45) is 0 Å². The molecule has 0 amide bonds. The van der Waals surface area contributed by atoms with Gasteiger partial charge in [-0.05, 0) is 99.7 Å². The van der Waals surface area contributed by atoms with E-state index in [0.29, 0.717) is 61.6 Å². The minimum Gasteiger partial charge on any atom is -0.497 e. The highest BCUT2D eigenvalue weighted by Crippen LogP contribution is 2.45. The minimum atomic E-state index is -0.897. The van der Waals surface area contributed by atoms with E-state index in [4.69, 9.17) is 37.9 Å². The molecule has 12 heteroatoms. The molecule has 0 atom stereocenters. The summed E-state index contributed by atoms with van der Waals surface area (Å²) < 4.78 is 47.7. The molecule has 0 saturated carbocycles. The van der Waals surface area contributed by atoms with Crippen molar-refractivity contribution in [2.45, 2.75) is 151 Å². The number of esters is 1. The standard InChI is InChI=1S/C65H76O12/c1-17-71-59(67)75-55-43-25-41-29-49(62(4,5)6)30-42(54(41)74-58(66)40-21-20-39-37-53(70-16)23-22-38(39)24-40)26-44-32-51(64(10,11)12)34-46(56(44)76-60(68)72-18-2)28-48-36-52(65(13,14)15)35-47(57(48)77-61(69)73-19-3)27-45(55)33-50(31-43)63(7,8)9/h20-24,29-37H,17-19,25-28H2,1-16H3. The van der Waals surface area contributed by atoms with Gasteiger partial charge in [-0.25, -0.2) is 19.2 Å². The van der Waals surface area contributed by atoms with Crippen molar-refractivity contribution < 1.29 is 57.1 Å². The summed E-state index contributed by atoms with van der Waals surface area (Å²) in [5.74, 6) is 1.15. The van der Waals surface area contributed by atoms with Gasteiger partial charge in [0.2, 0.25) is 0 Å². The molecule has 0 N–H and O–H groups in total. The first-order valence-electron chi connectivity index (χ1n) is 26.6. The maximum absolute atomic E-state index is 14.9. The summed E-state index contributed by atoms with van der Waals surface area (Å²) in [7, 11) is 1.61. The highest BCUT2D eigenvalue weighted by Gasteiger charge is 2.32. The molecule has 1 aliphatic carbocycles. The van der Waals surface area contributed by atoms with Gasteiger partial charge in [-0.1, -0.05) is 144 Å². The zero-order valence-corrected chi connectivity index (χ0v) is 47.9. The van der Waals surface area contributed by atoms with Gasteiger partial charge in [-0.3, -0.25) is 0 Å². The van der Waals surface area contributed by atoms with Gasteiger partial charge in [0, 0.05) is 70.2 Å². The monoisotopic (exact) mass is 1050 g/mol. The fourth-order valence-corrected chi connectivity index (χ4v) is 9.47. The number of benzene rings is 6. The second-order valence-electron chi connectivity index (χ2n) is 23.9. The largest absolute Gasteiger partial charge is 0.513 e. The van der Waals surface area contributed by atoms with Crippen LogP contribution in [-0.2, 0) is 61.6 Å². The molecule has 0 radical (unpaired) electrons. The van der Waals surface area contributed by atoms with Gasteiger partial charge in [-0.15, -0.1) is 0 Å².